The van der Waals surface area contributed by atoms with Crippen molar-refractivity contribution in [2.75, 3.05) is 13.1 Å². The van der Waals surface area contributed by atoms with Crippen molar-refractivity contribution >= 4 is 11.9 Å². The van der Waals surface area contributed by atoms with Crippen LogP contribution in [-0.2, 0) is 14.3 Å². The summed E-state index contributed by atoms with van der Waals surface area (Å²) in [5, 5.41) is 9.97. The van der Waals surface area contributed by atoms with Crippen LogP contribution in [0.5, 0.6) is 0 Å². The molecule has 0 aromatic rings. The molecule has 0 aromatic carbocycles. The number of amides is 1. The number of aliphatic hydroxyl groups is 1. The Bertz CT molecular complexity index is 903. The SMILES string of the molecule is CC1=C(O)[C@H](C/C(C)=C\CCC(C)/C=C/C=C(\C)CCCC2=CC(=O)N(CCC(C)C)C2)OC1=O. The van der Waals surface area contributed by atoms with Crippen molar-refractivity contribution in [2.24, 2.45) is 11.8 Å². The minimum absolute atomic E-state index is 0.0678. The predicted molar refractivity (Wildman–Crippen MR) is 143 cm³/mol. The standard InChI is InChI=1S/C30H45NO4/c1-21(2)16-17-31-20-26(19-28(31)32)15-9-13-23(4)11-7-10-22(3)12-8-14-24(5)18-27-29(33)25(6)30(34)35-27/h7,10-11,14,19,21-22,27,33H,8-9,12-13,15-18,20H2,1-6H3/b10-7+,23-11+,24-14-/t22?,27-/m0/s1. The number of allylic oxidation sites excluding steroid dienone is 5. The summed E-state index contributed by atoms with van der Waals surface area (Å²) in [7, 11) is 0. The fourth-order valence-corrected chi connectivity index (χ4v) is 4.30. The Hall–Kier alpha value is -2.56. The quantitative estimate of drug-likeness (QED) is 0.164. The third-order valence-corrected chi connectivity index (χ3v) is 6.77. The first-order chi connectivity index (χ1) is 16.6. The van der Waals surface area contributed by atoms with Crippen molar-refractivity contribution < 1.29 is 19.4 Å². The molecule has 1 unspecified atom stereocenters. The van der Waals surface area contributed by atoms with Crippen LogP contribution >= 0.6 is 0 Å². The molecule has 2 heterocycles. The van der Waals surface area contributed by atoms with E-state index in [4.69, 9.17) is 4.74 Å². The van der Waals surface area contributed by atoms with E-state index in [1.807, 2.05) is 17.9 Å². The lowest BCUT2D eigenvalue weighted by molar-refractivity contribution is -0.140. The van der Waals surface area contributed by atoms with Gasteiger partial charge in [-0.2, -0.15) is 0 Å². The smallest absolute Gasteiger partial charge is 0.338 e. The van der Waals surface area contributed by atoms with Crippen LogP contribution in [0.3, 0.4) is 0 Å². The summed E-state index contributed by atoms with van der Waals surface area (Å²) in [6, 6.07) is 0. The molecule has 2 aliphatic rings. The molecule has 5 heteroatoms. The van der Waals surface area contributed by atoms with E-state index in [0.717, 1.165) is 57.2 Å². The lowest BCUT2D eigenvalue weighted by atomic mass is 10.0. The van der Waals surface area contributed by atoms with E-state index >= 15 is 0 Å². The number of aliphatic hydroxyl groups excluding tert-OH is 1. The highest BCUT2D eigenvalue weighted by atomic mass is 16.6. The Morgan fingerprint density at radius 3 is 2.60 bits per heavy atom. The summed E-state index contributed by atoms with van der Waals surface area (Å²) in [6.45, 7) is 14.1. The van der Waals surface area contributed by atoms with Crippen LogP contribution < -0.4 is 0 Å². The first-order valence-corrected chi connectivity index (χ1v) is 13.2. The average molecular weight is 484 g/mol. The number of nitrogens with zero attached hydrogens (tertiary/aromatic N) is 1. The first kappa shape index (κ1) is 28.7. The van der Waals surface area contributed by atoms with Crippen LogP contribution in [-0.4, -0.2) is 41.1 Å². The van der Waals surface area contributed by atoms with Gasteiger partial charge in [-0.15, -0.1) is 0 Å². The van der Waals surface area contributed by atoms with Gasteiger partial charge in [-0.3, -0.25) is 4.79 Å². The zero-order chi connectivity index (χ0) is 26.0. The molecule has 194 valence electrons. The monoisotopic (exact) mass is 483 g/mol. The summed E-state index contributed by atoms with van der Waals surface area (Å²) in [6.07, 6.45) is 16.8. The van der Waals surface area contributed by atoms with Gasteiger partial charge < -0.3 is 14.7 Å². The predicted octanol–water partition coefficient (Wildman–Crippen LogP) is 6.98. The third-order valence-electron chi connectivity index (χ3n) is 6.77. The number of esters is 1. The minimum atomic E-state index is -0.529. The van der Waals surface area contributed by atoms with Gasteiger partial charge in [-0.05, 0) is 76.7 Å². The molecular formula is C30H45NO4. The molecule has 35 heavy (non-hydrogen) atoms. The van der Waals surface area contributed by atoms with E-state index < -0.39 is 12.1 Å². The number of rotatable bonds is 14. The summed E-state index contributed by atoms with van der Waals surface area (Å²) in [5.74, 6) is 0.921. The number of cyclic esters (lactones) is 1. The number of hydrogen-bond donors (Lipinski definition) is 1. The van der Waals surface area contributed by atoms with Gasteiger partial charge in [0, 0.05) is 25.6 Å². The molecule has 0 saturated carbocycles. The van der Waals surface area contributed by atoms with E-state index in [1.165, 1.54) is 11.1 Å². The van der Waals surface area contributed by atoms with Crippen molar-refractivity contribution in [3.05, 3.63) is 58.4 Å². The Morgan fingerprint density at radius 2 is 1.94 bits per heavy atom. The molecule has 0 saturated heterocycles. The molecule has 0 fully saturated rings. The van der Waals surface area contributed by atoms with E-state index in [9.17, 15) is 14.7 Å². The van der Waals surface area contributed by atoms with Gasteiger partial charge in [-0.25, -0.2) is 4.79 Å². The van der Waals surface area contributed by atoms with Crippen LogP contribution in [0.2, 0.25) is 0 Å². The van der Waals surface area contributed by atoms with Gasteiger partial charge in [0.25, 0.3) is 0 Å². The van der Waals surface area contributed by atoms with E-state index in [1.54, 1.807) is 6.92 Å². The van der Waals surface area contributed by atoms with Gasteiger partial charge in [0.15, 0.2) is 6.10 Å². The molecular weight excluding hydrogens is 438 g/mol. The van der Waals surface area contributed by atoms with Crippen molar-refractivity contribution in [1.82, 2.24) is 4.90 Å². The molecule has 0 radical (unpaired) electrons. The summed E-state index contributed by atoms with van der Waals surface area (Å²) in [5.41, 5.74) is 4.07. The van der Waals surface area contributed by atoms with Crippen LogP contribution in [0, 0.1) is 11.8 Å². The first-order valence-electron chi connectivity index (χ1n) is 13.2. The molecule has 1 N–H and O–H groups in total. The van der Waals surface area contributed by atoms with Crippen LogP contribution in [0.25, 0.3) is 0 Å². The van der Waals surface area contributed by atoms with Crippen molar-refractivity contribution in [1.29, 1.82) is 0 Å². The Kier molecular flexibility index (Phi) is 11.6. The second-order valence-electron chi connectivity index (χ2n) is 10.7. The largest absolute Gasteiger partial charge is 0.508 e. The highest BCUT2D eigenvalue weighted by molar-refractivity contribution is 5.91. The molecule has 5 nitrogen and oxygen atoms in total. The van der Waals surface area contributed by atoms with Gasteiger partial charge in [0.05, 0.1) is 5.57 Å². The second kappa shape index (κ2) is 14.1. The zero-order valence-corrected chi connectivity index (χ0v) is 22.6. The summed E-state index contributed by atoms with van der Waals surface area (Å²) >= 11 is 0. The maximum absolute atomic E-state index is 12.1. The van der Waals surface area contributed by atoms with Crippen LogP contribution in [0.1, 0.15) is 86.5 Å². The Labute approximate surface area is 212 Å². The maximum Gasteiger partial charge on any atom is 0.338 e. The molecule has 2 atom stereocenters. The molecule has 0 aliphatic carbocycles. The molecule has 0 bridgehead atoms. The van der Waals surface area contributed by atoms with Gasteiger partial charge >= 0.3 is 5.97 Å². The fraction of sp³-hybridized carbons (Fsp3) is 0.600. The topological polar surface area (TPSA) is 66.8 Å². The van der Waals surface area contributed by atoms with E-state index in [2.05, 4.69) is 52.0 Å². The summed E-state index contributed by atoms with van der Waals surface area (Å²) < 4.78 is 5.20. The molecule has 2 aliphatic heterocycles. The highest BCUT2D eigenvalue weighted by Crippen LogP contribution is 2.25. The lowest BCUT2D eigenvalue weighted by Crippen LogP contribution is -2.27. The highest BCUT2D eigenvalue weighted by Gasteiger charge is 2.31. The Morgan fingerprint density at radius 1 is 1.20 bits per heavy atom. The van der Waals surface area contributed by atoms with Gasteiger partial charge in [0.1, 0.15) is 5.76 Å². The van der Waals surface area contributed by atoms with Crippen molar-refractivity contribution in [2.45, 2.75) is 92.6 Å². The molecule has 2 rings (SSSR count). The molecule has 1 amide bonds. The normalized spacial score (nSPS) is 20.5. The minimum Gasteiger partial charge on any atom is -0.508 e. The van der Waals surface area contributed by atoms with Crippen LogP contribution in [0.4, 0.5) is 0 Å². The van der Waals surface area contributed by atoms with Crippen LogP contribution in [0.15, 0.2) is 58.4 Å². The van der Waals surface area contributed by atoms with Gasteiger partial charge in [-0.1, -0.05) is 56.2 Å². The maximum atomic E-state index is 12.1. The average Bonchev–Trinajstić information content (AvgIpc) is 3.25. The summed E-state index contributed by atoms with van der Waals surface area (Å²) in [4.78, 5) is 25.6. The Balaban J connectivity index is 1.64. The number of carbonyl (C=O) groups excluding carboxylic acids is 2. The number of ether oxygens (including phenoxy) is 1. The van der Waals surface area contributed by atoms with Crippen molar-refractivity contribution in [3.63, 3.8) is 0 Å². The van der Waals surface area contributed by atoms with E-state index in [0.29, 0.717) is 23.8 Å². The van der Waals surface area contributed by atoms with E-state index in [-0.39, 0.29) is 11.7 Å². The third kappa shape index (κ3) is 9.91. The molecule has 0 aromatic heterocycles. The van der Waals surface area contributed by atoms with Crippen molar-refractivity contribution in [3.8, 4) is 0 Å². The second-order valence-corrected chi connectivity index (χ2v) is 10.7. The van der Waals surface area contributed by atoms with Gasteiger partial charge in [0.2, 0.25) is 5.91 Å². The molecule has 0 spiro atoms. The number of hydrogen-bond acceptors (Lipinski definition) is 4. The zero-order valence-electron chi connectivity index (χ0n) is 22.6. The lowest BCUT2D eigenvalue weighted by Gasteiger charge is -2.17. The number of carbonyl (C=O) groups is 2. The fourth-order valence-electron chi connectivity index (χ4n) is 4.30.